The first-order valence-electron chi connectivity index (χ1n) is 9.24. The predicted molar refractivity (Wildman–Crippen MR) is 98.0 cm³/mol. The zero-order valence-corrected chi connectivity index (χ0v) is 15.8. The lowest BCUT2D eigenvalue weighted by Gasteiger charge is -2.53. The lowest BCUT2D eigenvalue weighted by Crippen LogP contribution is -2.69. The number of nitrogens with zero attached hydrogens (tertiary/aromatic N) is 3. The number of ether oxygens (including phenoxy) is 1. The Morgan fingerprint density at radius 2 is 1.96 bits per heavy atom. The van der Waals surface area contributed by atoms with Crippen molar-refractivity contribution >= 4 is 17.8 Å². The molecule has 3 heterocycles. The maximum atomic E-state index is 12.2. The summed E-state index contributed by atoms with van der Waals surface area (Å²) in [6, 6.07) is 1.78. The van der Waals surface area contributed by atoms with Gasteiger partial charge in [-0.3, -0.25) is 9.59 Å². The highest BCUT2D eigenvalue weighted by atomic mass is 16.5. The van der Waals surface area contributed by atoms with Gasteiger partial charge in [-0.25, -0.2) is 9.97 Å². The summed E-state index contributed by atoms with van der Waals surface area (Å²) < 4.78 is 6.04. The number of anilines is 1. The molecule has 9 nitrogen and oxygen atoms in total. The fourth-order valence-electron chi connectivity index (χ4n) is 3.92. The number of hydrogen-bond acceptors (Lipinski definition) is 7. The number of carbonyl (C=O) groups excluding carboxylic acids is 2. The normalized spacial score (nSPS) is 27.2. The highest BCUT2D eigenvalue weighted by Crippen LogP contribution is 2.40. The van der Waals surface area contributed by atoms with E-state index in [1.807, 2.05) is 6.92 Å². The van der Waals surface area contributed by atoms with E-state index in [0.29, 0.717) is 44.9 Å². The van der Waals surface area contributed by atoms with Crippen molar-refractivity contribution in [3.05, 3.63) is 18.5 Å². The highest BCUT2D eigenvalue weighted by Gasteiger charge is 2.53. The standard InChI is InChI=1S/C18H27N5O4/c1-13(24)21-12-14(25)22-17(2)6-11-27-18(15(17)26)4-9-23(10-5-18)16-19-7-3-8-20-16/h3,7-8,15,26H,4-6,9-12H2,1-2H3,(H,21,24)(H,22,25)/t15-,17+/m0/s1. The van der Waals surface area contributed by atoms with Crippen molar-refractivity contribution < 1.29 is 19.4 Å². The van der Waals surface area contributed by atoms with Gasteiger partial charge in [0.2, 0.25) is 17.8 Å². The summed E-state index contributed by atoms with van der Waals surface area (Å²) in [5.41, 5.74) is -1.52. The number of aliphatic hydroxyl groups excluding tert-OH is 1. The molecule has 148 valence electrons. The third-order valence-corrected chi connectivity index (χ3v) is 5.48. The first-order valence-corrected chi connectivity index (χ1v) is 9.24. The van der Waals surface area contributed by atoms with Gasteiger partial charge in [-0.05, 0) is 32.3 Å². The third-order valence-electron chi connectivity index (χ3n) is 5.48. The van der Waals surface area contributed by atoms with E-state index in [4.69, 9.17) is 4.74 Å². The SMILES string of the molecule is CC(=O)NCC(=O)N[C@]1(C)CCOC2(CCN(c3ncccn3)CC2)[C@H]1O. The minimum atomic E-state index is -0.848. The molecule has 1 aromatic heterocycles. The molecule has 9 heteroatoms. The van der Waals surface area contributed by atoms with Crippen LogP contribution in [0.4, 0.5) is 5.95 Å². The summed E-state index contributed by atoms with van der Waals surface area (Å²) in [5, 5.41) is 16.5. The van der Waals surface area contributed by atoms with Crippen molar-refractivity contribution in [1.29, 1.82) is 0 Å². The molecule has 0 aliphatic carbocycles. The molecular weight excluding hydrogens is 350 g/mol. The Morgan fingerprint density at radius 1 is 1.30 bits per heavy atom. The van der Waals surface area contributed by atoms with Crippen LogP contribution in [0.2, 0.25) is 0 Å². The van der Waals surface area contributed by atoms with E-state index in [-0.39, 0.29) is 18.4 Å². The molecule has 2 aliphatic heterocycles. The van der Waals surface area contributed by atoms with Crippen LogP contribution in [0.1, 0.15) is 33.1 Å². The summed E-state index contributed by atoms with van der Waals surface area (Å²) in [6.45, 7) is 4.87. The molecule has 2 fully saturated rings. The average molecular weight is 377 g/mol. The van der Waals surface area contributed by atoms with Crippen LogP contribution < -0.4 is 15.5 Å². The molecule has 0 saturated carbocycles. The summed E-state index contributed by atoms with van der Waals surface area (Å²) in [5.74, 6) is 0.0812. The molecular formula is C18H27N5O4. The van der Waals surface area contributed by atoms with E-state index in [9.17, 15) is 14.7 Å². The number of amides is 2. The fraction of sp³-hybridized carbons (Fsp3) is 0.667. The van der Waals surface area contributed by atoms with Crippen LogP contribution in [-0.2, 0) is 14.3 Å². The Morgan fingerprint density at radius 3 is 2.59 bits per heavy atom. The highest BCUT2D eigenvalue weighted by molar-refractivity contribution is 5.84. The minimum Gasteiger partial charge on any atom is -0.388 e. The number of carbonyl (C=O) groups is 2. The van der Waals surface area contributed by atoms with Crippen molar-refractivity contribution in [2.24, 2.45) is 0 Å². The van der Waals surface area contributed by atoms with Gasteiger partial charge < -0.3 is 25.4 Å². The first kappa shape index (κ1) is 19.5. The second kappa shape index (κ2) is 7.77. The summed E-state index contributed by atoms with van der Waals surface area (Å²) in [7, 11) is 0. The number of aliphatic hydroxyl groups is 1. The topological polar surface area (TPSA) is 117 Å². The number of hydrogen-bond donors (Lipinski definition) is 3. The molecule has 3 rings (SSSR count). The molecule has 3 N–H and O–H groups in total. The van der Waals surface area contributed by atoms with E-state index < -0.39 is 17.2 Å². The van der Waals surface area contributed by atoms with E-state index in [1.165, 1.54) is 6.92 Å². The molecule has 27 heavy (non-hydrogen) atoms. The Bertz CT molecular complexity index is 678. The van der Waals surface area contributed by atoms with Crippen molar-refractivity contribution in [2.75, 3.05) is 31.1 Å². The maximum absolute atomic E-state index is 12.2. The zero-order chi connectivity index (χ0) is 19.5. The smallest absolute Gasteiger partial charge is 0.239 e. The third kappa shape index (κ3) is 4.19. The summed E-state index contributed by atoms with van der Waals surface area (Å²) in [6.07, 6.45) is 4.31. The number of aromatic nitrogens is 2. The number of rotatable bonds is 4. The lowest BCUT2D eigenvalue weighted by atomic mass is 9.73. The minimum absolute atomic E-state index is 0.107. The van der Waals surface area contributed by atoms with Gasteiger partial charge >= 0.3 is 0 Å². The quantitative estimate of drug-likeness (QED) is 0.654. The van der Waals surface area contributed by atoms with Gasteiger partial charge in [0.05, 0.1) is 17.7 Å². The van der Waals surface area contributed by atoms with Gasteiger partial charge in [-0.1, -0.05) is 0 Å². The summed E-state index contributed by atoms with van der Waals surface area (Å²) in [4.78, 5) is 33.8. The van der Waals surface area contributed by atoms with Crippen LogP contribution in [0.15, 0.2) is 18.5 Å². The zero-order valence-electron chi connectivity index (χ0n) is 15.8. The van der Waals surface area contributed by atoms with Crippen LogP contribution in [0.5, 0.6) is 0 Å². The summed E-state index contributed by atoms with van der Waals surface area (Å²) >= 11 is 0. The van der Waals surface area contributed by atoms with Crippen molar-refractivity contribution in [3.8, 4) is 0 Å². The molecule has 2 aliphatic rings. The van der Waals surface area contributed by atoms with Crippen molar-refractivity contribution in [3.63, 3.8) is 0 Å². The van der Waals surface area contributed by atoms with Crippen molar-refractivity contribution in [2.45, 2.75) is 50.4 Å². The van der Waals surface area contributed by atoms with Gasteiger partial charge in [0, 0.05) is 39.0 Å². The Hall–Kier alpha value is -2.26. The molecule has 2 saturated heterocycles. The van der Waals surface area contributed by atoms with Gasteiger partial charge in [-0.2, -0.15) is 0 Å². The van der Waals surface area contributed by atoms with Crippen LogP contribution in [0.25, 0.3) is 0 Å². The molecule has 0 unspecified atom stereocenters. The van der Waals surface area contributed by atoms with Crippen molar-refractivity contribution in [1.82, 2.24) is 20.6 Å². The monoisotopic (exact) mass is 377 g/mol. The molecule has 0 bridgehead atoms. The van der Waals surface area contributed by atoms with E-state index in [0.717, 1.165) is 0 Å². The Kier molecular flexibility index (Phi) is 5.61. The molecule has 2 amide bonds. The van der Waals surface area contributed by atoms with Crippen LogP contribution in [-0.4, -0.2) is 70.4 Å². The molecule has 1 spiro atoms. The van der Waals surface area contributed by atoms with Crippen LogP contribution in [0, 0.1) is 0 Å². The Balaban J connectivity index is 1.65. The van der Waals surface area contributed by atoms with E-state index >= 15 is 0 Å². The van der Waals surface area contributed by atoms with Crippen LogP contribution >= 0.6 is 0 Å². The second-order valence-electron chi connectivity index (χ2n) is 7.48. The van der Waals surface area contributed by atoms with Gasteiger partial charge in [0.1, 0.15) is 6.10 Å². The molecule has 0 radical (unpaired) electrons. The number of nitrogens with one attached hydrogen (secondary N) is 2. The lowest BCUT2D eigenvalue weighted by molar-refractivity contribution is -0.198. The second-order valence-corrected chi connectivity index (χ2v) is 7.48. The van der Waals surface area contributed by atoms with E-state index in [1.54, 1.807) is 18.5 Å². The van der Waals surface area contributed by atoms with Gasteiger partial charge in [0.15, 0.2) is 0 Å². The largest absolute Gasteiger partial charge is 0.388 e. The van der Waals surface area contributed by atoms with Crippen LogP contribution in [0.3, 0.4) is 0 Å². The van der Waals surface area contributed by atoms with Gasteiger partial charge in [-0.15, -0.1) is 0 Å². The average Bonchev–Trinajstić information content (AvgIpc) is 2.66. The predicted octanol–water partition coefficient (Wildman–Crippen LogP) is -0.392. The molecule has 0 aromatic carbocycles. The first-order chi connectivity index (χ1) is 12.8. The number of piperidine rings is 1. The fourth-order valence-corrected chi connectivity index (χ4v) is 3.92. The Labute approximate surface area is 158 Å². The van der Waals surface area contributed by atoms with E-state index in [2.05, 4.69) is 25.5 Å². The maximum Gasteiger partial charge on any atom is 0.239 e. The molecule has 1 aromatic rings. The molecule has 2 atom stereocenters. The van der Waals surface area contributed by atoms with Gasteiger partial charge in [0.25, 0.3) is 0 Å².